The molecule has 0 bridgehead atoms. The lowest BCUT2D eigenvalue weighted by molar-refractivity contribution is 0.638. The summed E-state index contributed by atoms with van der Waals surface area (Å²) in [5.74, 6) is 0.718. The van der Waals surface area contributed by atoms with Crippen molar-refractivity contribution in [3.05, 3.63) is 36.0 Å². The highest BCUT2D eigenvalue weighted by molar-refractivity contribution is 5.83. The van der Waals surface area contributed by atoms with Crippen molar-refractivity contribution >= 4 is 10.9 Å². The second kappa shape index (κ2) is 2.85. The summed E-state index contributed by atoms with van der Waals surface area (Å²) in [7, 11) is 0. The Hall–Kier alpha value is -1.28. The fourth-order valence-corrected chi connectivity index (χ4v) is 2.11. The summed E-state index contributed by atoms with van der Waals surface area (Å²) in [5, 5.41) is 1.28. The van der Waals surface area contributed by atoms with E-state index in [-0.39, 0.29) is 6.04 Å². The van der Waals surface area contributed by atoms with E-state index in [1.807, 2.05) is 6.20 Å². The summed E-state index contributed by atoms with van der Waals surface area (Å²) in [5.41, 5.74) is 8.70. The number of rotatable bonds is 2. The number of hydrogen-bond donors (Lipinski definition) is 2. The standard InChI is InChI=1S/C12H14N2/c13-12(8-4-5-8)10-2-1-3-11-9(10)6-7-14-11/h1-3,6-8,12,14H,4-5,13H2. The van der Waals surface area contributed by atoms with Crippen molar-refractivity contribution in [2.45, 2.75) is 18.9 Å². The molecule has 3 N–H and O–H groups in total. The second-order valence-corrected chi connectivity index (χ2v) is 4.15. The average Bonchev–Trinajstić information content (AvgIpc) is 2.94. The Balaban J connectivity index is 2.14. The third-order valence-electron chi connectivity index (χ3n) is 3.12. The molecule has 1 aliphatic carbocycles. The quantitative estimate of drug-likeness (QED) is 0.743. The summed E-state index contributed by atoms with van der Waals surface area (Å²) < 4.78 is 0. The van der Waals surface area contributed by atoms with Crippen LogP contribution < -0.4 is 5.73 Å². The molecule has 1 aromatic carbocycles. The zero-order valence-corrected chi connectivity index (χ0v) is 8.03. The monoisotopic (exact) mass is 186 g/mol. The molecule has 1 atom stereocenters. The molecule has 0 spiro atoms. The molecule has 2 aromatic rings. The van der Waals surface area contributed by atoms with Crippen LogP contribution in [0.15, 0.2) is 30.5 Å². The van der Waals surface area contributed by atoms with E-state index in [1.54, 1.807) is 0 Å². The number of aromatic nitrogens is 1. The maximum atomic E-state index is 6.21. The summed E-state index contributed by atoms with van der Waals surface area (Å²) in [6.45, 7) is 0. The van der Waals surface area contributed by atoms with Crippen molar-refractivity contribution in [3.8, 4) is 0 Å². The number of aromatic amines is 1. The molecule has 0 radical (unpaired) electrons. The molecule has 72 valence electrons. The molecule has 3 rings (SSSR count). The van der Waals surface area contributed by atoms with Gasteiger partial charge < -0.3 is 10.7 Å². The Bertz CT molecular complexity index is 454. The van der Waals surface area contributed by atoms with Gasteiger partial charge in [-0.25, -0.2) is 0 Å². The van der Waals surface area contributed by atoms with Crippen molar-refractivity contribution in [1.82, 2.24) is 4.98 Å². The van der Waals surface area contributed by atoms with E-state index in [0.29, 0.717) is 0 Å². The summed E-state index contributed by atoms with van der Waals surface area (Å²) >= 11 is 0. The summed E-state index contributed by atoms with van der Waals surface area (Å²) in [6.07, 6.45) is 4.57. The predicted molar refractivity (Wildman–Crippen MR) is 58.0 cm³/mol. The van der Waals surface area contributed by atoms with Crippen LogP contribution in [0.3, 0.4) is 0 Å². The number of H-pyrrole nitrogens is 1. The van der Waals surface area contributed by atoms with Gasteiger partial charge in [-0.05, 0) is 36.5 Å². The van der Waals surface area contributed by atoms with E-state index in [9.17, 15) is 0 Å². The van der Waals surface area contributed by atoms with Gasteiger partial charge in [0, 0.05) is 23.1 Å². The molecule has 1 heterocycles. The zero-order valence-electron chi connectivity index (χ0n) is 8.03. The molecule has 1 aromatic heterocycles. The van der Waals surface area contributed by atoms with Crippen LogP contribution in [0.4, 0.5) is 0 Å². The molecule has 1 aliphatic rings. The molecule has 0 aliphatic heterocycles. The number of fused-ring (bicyclic) bond motifs is 1. The Labute approximate surface area is 83.1 Å². The van der Waals surface area contributed by atoms with Gasteiger partial charge in [0.15, 0.2) is 0 Å². The van der Waals surface area contributed by atoms with Crippen LogP contribution in [0, 0.1) is 5.92 Å². The SMILES string of the molecule is NC(c1cccc2[nH]ccc12)C1CC1. The largest absolute Gasteiger partial charge is 0.361 e. The van der Waals surface area contributed by atoms with E-state index < -0.39 is 0 Å². The van der Waals surface area contributed by atoms with E-state index in [2.05, 4.69) is 29.2 Å². The lowest BCUT2D eigenvalue weighted by atomic mass is 10.00. The minimum atomic E-state index is 0.231. The third kappa shape index (κ3) is 1.15. The zero-order chi connectivity index (χ0) is 9.54. The van der Waals surface area contributed by atoms with Gasteiger partial charge >= 0.3 is 0 Å². The van der Waals surface area contributed by atoms with E-state index in [4.69, 9.17) is 5.73 Å². The second-order valence-electron chi connectivity index (χ2n) is 4.15. The number of nitrogens with two attached hydrogens (primary N) is 1. The van der Waals surface area contributed by atoms with Crippen LogP contribution in [0.5, 0.6) is 0 Å². The number of benzene rings is 1. The molecule has 2 nitrogen and oxygen atoms in total. The molecule has 1 saturated carbocycles. The first-order chi connectivity index (χ1) is 6.86. The number of hydrogen-bond acceptors (Lipinski definition) is 1. The first-order valence-electron chi connectivity index (χ1n) is 5.18. The van der Waals surface area contributed by atoms with Crippen molar-refractivity contribution in [2.75, 3.05) is 0 Å². The highest BCUT2D eigenvalue weighted by atomic mass is 14.7. The summed E-state index contributed by atoms with van der Waals surface area (Å²) in [4.78, 5) is 3.22. The molecule has 0 amide bonds. The fraction of sp³-hybridized carbons (Fsp3) is 0.333. The number of nitrogens with one attached hydrogen (secondary N) is 1. The van der Waals surface area contributed by atoms with Crippen LogP contribution in [0.1, 0.15) is 24.4 Å². The normalized spacial score (nSPS) is 18.6. The topological polar surface area (TPSA) is 41.8 Å². The van der Waals surface area contributed by atoms with E-state index in [1.165, 1.54) is 29.3 Å². The molecular formula is C12H14N2. The van der Waals surface area contributed by atoms with Gasteiger partial charge in [-0.3, -0.25) is 0 Å². The Morgan fingerprint density at radius 1 is 1.29 bits per heavy atom. The van der Waals surface area contributed by atoms with E-state index >= 15 is 0 Å². The van der Waals surface area contributed by atoms with Crippen molar-refractivity contribution < 1.29 is 0 Å². The predicted octanol–water partition coefficient (Wildman–Crippen LogP) is 2.58. The minimum Gasteiger partial charge on any atom is -0.361 e. The highest BCUT2D eigenvalue weighted by Gasteiger charge is 2.30. The molecule has 0 saturated heterocycles. The first-order valence-corrected chi connectivity index (χ1v) is 5.18. The van der Waals surface area contributed by atoms with Crippen LogP contribution in [0.2, 0.25) is 0 Å². The van der Waals surface area contributed by atoms with Crippen LogP contribution in [-0.4, -0.2) is 4.98 Å². The molecule has 1 unspecified atom stereocenters. The van der Waals surface area contributed by atoms with Gasteiger partial charge in [0.2, 0.25) is 0 Å². The molecule has 1 fully saturated rings. The Kier molecular flexibility index (Phi) is 1.64. The average molecular weight is 186 g/mol. The fourth-order valence-electron chi connectivity index (χ4n) is 2.11. The summed E-state index contributed by atoms with van der Waals surface area (Å²) in [6, 6.07) is 8.68. The lowest BCUT2D eigenvalue weighted by Gasteiger charge is -2.11. The first kappa shape index (κ1) is 8.06. The van der Waals surface area contributed by atoms with Crippen molar-refractivity contribution in [2.24, 2.45) is 11.7 Å². The van der Waals surface area contributed by atoms with Gasteiger partial charge in [0.1, 0.15) is 0 Å². The Morgan fingerprint density at radius 3 is 2.93 bits per heavy atom. The maximum Gasteiger partial charge on any atom is 0.0457 e. The van der Waals surface area contributed by atoms with Gasteiger partial charge in [-0.2, -0.15) is 0 Å². The van der Waals surface area contributed by atoms with Crippen molar-refractivity contribution in [1.29, 1.82) is 0 Å². The van der Waals surface area contributed by atoms with Crippen LogP contribution >= 0.6 is 0 Å². The van der Waals surface area contributed by atoms with Crippen molar-refractivity contribution in [3.63, 3.8) is 0 Å². The molecule has 2 heteroatoms. The minimum absolute atomic E-state index is 0.231. The van der Waals surface area contributed by atoms with Crippen LogP contribution in [-0.2, 0) is 0 Å². The van der Waals surface area contributed by atoms with Gasteiger partial charge in [0.25, 0.3) is 0 Å². The van der Waals surface area contributed by atoms with Gasteiger partial charge in [0.05, 0.1) is 0 Å². The Morgan fingerprint density at radius 2 is 2.14 bits per heavy atom. The van der Waals surface area contributed by atoms with Crippen LogP contribution in [0.25, 0.3) is 10.9 Å². The lowest BCUT2D eigenvalue weighted by Crippen LogP contribution is -2.12. The van der Waals surface area contributed by atoms with Gasteiger partial charge in [-0.15, -0.1) is 0 Å². The maximum absolute atomic E-state index is 6.21. The highest BCUT2D eigenvalue weighted by Crippen LogP contribution is 2.41. The third-order valence-corrected chi connectivity index (χ3v) is 3.12. The molecule has 14 heavy (non-hydrogen) atoms. The van der Waals surface area contributed by atoms with Gasteiger partial charge in [-0.1, -0.05) is 12.1 Å². The van der Waals surface area contributed by atoms with E-state index in [0.717, 1.165) is 5.92 Å². The smallest absolute Gasteiger partial charge is 0.0457 e. The molecular weight excluding hydrogens is 172 g/mol.